The molecule has 1 heterocycles. The van der Waals surface area contributed by atoms with Crippen LogP contribution in [0.25, 0.3) is 6.08 Å². The Morgan fingerprint density at radius 1 is 1.10 bits per heavy atom. The predicted octanol–water partition coefficient (Wildman–Crippen LogP) is 3.34. The number of likely N-dealkylation sites (N-methyl/N-ethyl adjacent to an activating group) is 1. The minimum atomic E-state index is -4.16. The Hall–Kier alpha value is -2.91. The van der Waals surface area contributed by atoms with Gasteiger partial charge in [0.15, 0.2) is 5.11 Å². The Kier molecular flexibility index (Phi) is 6.38. The minimum absolute atomic E-state index is 0.0103. The van der Waals surface area contributed by atoms with E-state index < -0.39 is 15.9 Å². The number of phenolic OH excluding ortho intramolecular Hbond substituents is 1. The molecule has 0 unspecified atom stereocenters. The van der Waals surface area contributed by atoms with Gasteiger partial charge in [0.1, 0.15) is 11.4 Å². The van der Waals surface area contributed by atoms with Gasteiger partial charge in [-0.05, 0) is 63.3 Å². The number of hydrogen-bond donors (Lipinski definition) is 1. The van der Waals surface area contributed by atoms with E-state index in [0.717, 1.165) is 24.3 Å². The van der Waals surface area contributed by atoms with Crippen LogP contribution >= 0.6 is 12.2 Å². The molecule has 9 heteroatoms. The molecule has 164 valence electrons. The average molecular weight is 460 g/mol. The minimum Gasteiger partial charge on any atom is -0.507 e. The lowest BCUT2D eigenvalue weighted by molar-refractivity contribution is -0.119. The molecule has 2 aromatic rings. The van der Waals surface area contributed by atoms with Crippen LogP contribution in [0.15, 0.2) is 53.1 Å². The molecule has 3 rings (SSSR count). The molecule has 1 fully saturated rings. The third kappa shape index (κ3) is 4.15. The molecule has 7 nitrogen and oxygen atoms in total. The van der Waals surface area contributed by atoms with Crippen molar-refractivity contribution in [1.29, 1.82) is 0 Å². The number of phenols is 1. The first-order valence-electron chi connectivity index (χ1n) is 9.85. The maximum absolute atomic E-state index is 13.1. The number of carbonyl (C=O) groups excluding carboxylic acids is 1. The van der Waals surface area contributed by atoms with Crippen molar-refractivity contribution in [2.75, 3.05) is 25.0 Å². The summed E-state index contributed by atoms with van der Waals surface area (Å²) in [6, 6.07) is 11.4. The molecule has 0 spiro atoms. The molecule has 0 saturated carbocycles. The number of sulfonamides is 1. The third-order valence-electron chi connectivity index (χ3n) is 5.22. The maximum Gasteiger partial charge on any atom is 0.290 e. The summed E-state index contributed by atoms with van der Waals surface area (Å²) in [6.45, 7) is 7.46. The summed E-state index contributed by atoms with van der Waals surface area (Å²) in [5.74, 6) is -0.774. The highest BCUT2D eigenvalue weighted by Gasteiger charge is 2.44. The summed E-state index contributed by atoms with van der Waals surface area (Å²) in [6.07, 6.45) is 1.45. The van der Waals surface area contributed by atoms with Crippen molar-refractivity contribution >= 4 is 45.0 Å². The lowest BCUT2D eigenvalue weighted by atomic mass is 10.1. The summed E-state index contributed by atoms with van der Waals surface area (Å²) >= 11 is 5.27. The van der Waals surface area contributed by atoms with E-state index in [0.29, 0.717) is 9.87 Å². The van der Waals surface area contributed by atoms with Crippen LogP contribution in [-0.2, 0) is 14.8 Å². The third-order valence-corrected chi connectivity index (χ3v) is 7.48. The van der Waals surface area contributed by atoms with Crippen LogP contribution in [0.2, 0.25) is 0 Å². The molecule has 31 heavy (non-hydrogen) atoms. The van der Waals surface area contributed by atoms with Crippen LogP contribution in [0.3, 0.4) is 0 Å². The largest absolute Gasteiger partial charge is 0.507 e. The van der Waals surface area contributed by atoms with Crippen molar-refractivity contribution in [3.05, 3.63) is 59.3 Å². The summed E-state index contributed by atoms with van der Waals surface area (Å²) in [7, 11) is -2.63. The van der Waals surface area contributed by atoms with Gasteiger partial charge in [-0.25, -0.2) is 8.42 Å². The van der Waals surface area contributed by atoms with Crippen molar-refractivity contribution < 1.29 is 18.3 Å². The van der Waals surface area contributed by atoms with Crippen LogP contribution in [-0.4, -0.2) is 53.9 Å². The van der Waals surface area contributed by atoms with E-state index in [1.54, 1.807) is 24.3 Å². The number of aromatic hydroxyl groups is 1. The van der Waals surface area contributed by atoms with Crippen molar-refractivity contribution in [3.8, 4) is 5.75 Å². The van der Waals surface area contributed by atoms with E-state index in [1.165, 1.54) is 30.2 Å². The fourth-order valence-corrected chi connectivity index (χ4v) is 5.15. The van der Waals surface area contributed by atoms with Crippen molar-refractivity contribution in [3.63, 3.8) is 0 Å². The average Bonchev–Trinajstić information content (AvgIpc) is 2.94. The zero-order chi connectivity index (χ0) is 22.9. The lowest BCUT2D eigenvalue weighted by Crippen LogP contribution is -2.37. The van der Waals surface area contributed by atoms with Crippen molar-refractivity contribution in [2.24, 2.45) is 0 Å². The number of carbonyl (C=O) groups is 1. The monoisotopic (exact) mass is 459 g/mol. The van der Waals surface area contributed by atoms with Crippen molar-refractivity contribution in [1.82, 2.24) is 9.21 Å². The molecule has 1 saturated heterocycles. The van der Waals surface area contributed by atoms with E-state index >= 15 is 0 Å². The first kappa shape index (κ1) is 22.8. The Bertz CT molecular complexity index is 1150. The van der Waals surface area contributed by atoms with Gasteiger partial charge in [0, 0.05) is 37.5 Å². The van der Waals surface area contributed by atoms with E-state index in [1.807, 2.05) is 26.8 Å². The van der Waals surface area contributed by atoms with Crippen LogP contribution in [0.1, 0.15) is 25.0 Å². The van der Waals surface area contributed by atoms with Gasteiger partial charge in [-0.1, -0.05) is 17.7 Å². The molecule has 1 N–H and O–H groups in total. The van der Waals surface area contributed by atoms with Gasteiger partial charge >= 0.3 is 0 Å². The molecule has 2 aromatic carbocycles. The Morgan fingerprint density at radius 3 is 2.26 bits per heavy atom. The summed E-state index contributed by atoms with van der Waals surface area (Å²) in [4.78, 5) is 16.4. The molecule has 0 bridgehead atoms. The molecule has 0 atom stereocenters. The van der Waals surface area contributed by atoms with Gasteiger partial charge in [0.05, 0.1) is 4.90 Å². The quantitative estimate of drug-likeness (QED) is 0.524. The molecular formula is C22H25N3O4S2. The van der Waals surface area contributed by atoms with Gasteiger partial charge in [-0.15, -0.1) is 0 Å². The van der Waals surface area contributed by atoms with Gasteiger partial charge in [-0.2, -0.15) is 4.31 Å². The zero-order valence-corrected chi connectivity index (χ0v) is 19.5. The van der Waals surface area contributed by atoms with Crippen LogP contribution in [0.5, 0.6) is 5.75 Å². The second-order valence-electron chi connectivity index (χ2n) is 7.17. The fourth-order valence-electron chi connectivity index (χ4n) is 3.35. The van der Waals surface area contributed by atoms with E-state index in [2.05, 4.69) is 4.90 Å². The van der Waals surface area contributed by atoms with Crippen LogP contribution in [0.4, 0.5) is 5.69 Å². The number of nitrogens with zero attached hydrogens (tertiary/aromatic N) is 3. The Morgan fingerprint density at radius 2 is 1.71 bits per heavy atom. The molecule has 1 aliphatic heterocycles. The zero-order valence-electron chi connectivity index (χ0n) is 17.9. The van der Waals surface area contributed by atoms with E-state index in [9.17, 15) is 18.3 Å². The summed E-state index contributed by atoms with van der Waals surface area (Å²) in [5.41, 5.74) is 2.21. The smallest absolute Gasteiger partial charge is 0.290 e. The van der Waals surface area contributed by atoms with Gasteiger partial charge in [0.2, 0.25) is 0 Å². The molecule has 0 aromatic heterocycles. The second-order valence-corrected chi connectivity index (χ2v) is 9.33. The highest BCUT2D eigenvalue weighted by atomic mass is 32.2. The molecule has 0 radical (unpaired) electrons. The van der Waals surface area contributed by atoms with Gasteiger partial charge in [0.25, 0.3) is 15.9 Å². The molecule has 1 aliphatic rings. The normalized spacial score (nSPS) is 15.8. The Labute approximate surface area is 188 Å². The number of anilines is 1. The van der Waals surface area contributed by atoms with E-state index in [4.69, 9.17) is 12.2 Å². The highest BCUT2D eigenvalue weighted by molar-refractivity contribution is 7.92. The van der Waals surface area contributed by atoms with Crippen LogP contribution in [0, 0.1) is 6.92 Å². The fraction of sp³-hybridized carbons (Fsp3) is 0.273. The first-order chi connectivity index (χ1) is 14.6. The van der Waals surface area contributed by atoms with Gasteiger partial charge < -0.3 is 14.9 Å². The SMILES string of the molecule is CCN(CC)c1ccc(/C=C2\C(=O)N(S(=O)(=O)c3ccc(C)cc3)C(=S)N2C)c(O)c1. The van der Waals surface area contributed by atoms with E-state index in [-0.39, 0.29) is 21.5 Å². The number of benzene rings is 2. The van der Waals surface area contributed by atoms with Crippen LogP contribution < -0.4 is 4.90 Å². The topological polar surface area (TPSA) is 81.2 Å². The summed E-state index contributed by atoms with van der Waals surface area (Å²) in [5, 5.41) is 10.4. The standard InChI is InChI=1S/C22H25N3O4S2/c1-5-24(6-2)17-10-9-16(20(26)14-17)13-19-21(27)25(22(30)23(19)4)31(28,29)18-11-7-15(3)8-12-18/h7-14,26H,5-6H2,1-4H3/b19-13+. The predicted molar refractivity (Wildman–Crippen MR) is 125 cm³/mol. The first-order valence-corrected chi connectivity index (χ1v) is 11.7. The molecule has 0 aliphatic carbocycles. The molecular weight excluding hydrogens is 434 g/mol. The number of amides is 1. The Balaban J connectivity index is 1.99. The number of hydrogen-bond acceptors (Lipinski definition) is 6. The second kappa shape index (κ2) is 8.68. The lowest BCUT2D eigenvalue weighted by Gasteiger charge is -2.21. The maximum atomic E-state index is 13.1. The summed E-state index contributed by atoms with van der Waals surface area (Å²) < 4.78 is 26.8. The van der Waals surface area contributed by atoms with Crippen molar-refractivity contribution in [2.45, 2.75) is 25.7 Å². The van der Waals surface area contributed by atoms with Gasteiger partial charge in [-0.3, -0.25) is 4.79 Å². The number of rotatable bonds is 6. The number of thiocarbonyl (C=S) groups is 1. The molecule has 1 amide bonds. The number of aryl methyl sites for hydroxylation is 1. The highest BCUT2D eigenvalue weighted by Crippen LogP contribution is 2.31.